The van der Waals surface area contributed by atoms with Crippen LogP contribution < -0.4 is 5.73 Å². The van der Waals surface area contributed by atoms with Crippen LogP contribution in [-0.2, 0) is 0 Å². The molecule has 2 saturated carbocycles. The lowest BCUT2D eigenvalue weighted by Gasteiger charge is -2.04. The molecule has 64 valence electrons. The molecule has 2 fully saturated rings. The van der Waals surface area contributed by atoms with Gasteiger partial charge in [0, 0.05) is 6.04 Å². The first-order valence-corrected chi connectivity index (χ1v) is 4.64. The molecule has 0 aromatic rings. The molecule has 0 saturated heterocycles. The number of rotatable bonds is 1. The summed E-state index contributed by atoms with van der Waals surface area (Å²) in [5, 5.41) is 0. The molecule has 0 unspecified atom stereocenters. The van der Waals surface area contributed by atoms with Gasteiger partial charge in [-0.05, 0) is 29.1 Å². The second kappa shape index (κ2) is 1.66. The molecule has 2 aliphatic carbocycles. The maximum atomic E-state index is 5.85. The summed E-state index contributed by atoms with van der Waals surface area (Å²) in [6.45, 7) is 9.51. The molecule has 2 N–H and O–H groups in total. The Labute approximate surface area is 69.4 Å². The average Bonchev–Trinajstić information content (AvgIpc) is 2.53. The van der Waals surface area contributed by atoms with Gasteiger partial charge in [-0.3, -0.25) is 0 Å². The molecule has 1 nitrogen and oxygen atoms in total. The summed E-state index contributed by atoms with van der Waals surface area (Å²) in [6.07, 6.45) is 1.28. The number of hydrogen-bond donors (Lipinski definition) is 1. The van der Waals surface area contributed by atoms with E-state index in [0.717, 1.165) is 11.8 Å². The van der Waals surface area contributed by atoms with Gasteiger partial charge in [0.1, 0.15) is 0 Å². The zero-order valence-corrected chi connectivity index (χ0v) is 8.02. The van der Waals surface area contributed by atoms with Gasteiger partial charge in [-0.2, -0.15) is 0 Å². The fraction of sp³-hybridized carbons (Fsp3) is 1.00. The van der Waals surface area contributed by atoms with Crippen LogP contribution in [0.3, 0.4) is 0 Å². The average molecular weight is 153 g/mol. The van der Waals surface area contributed by atoms with Crippen LogP contribution in [0, 0.1) is 22.7 Å². The second-order valence-electron chi connectivity index (χ2n) is 5.48. The second-order valence-corrected chi connectivity index (χ2v) is 5.48. The third kappa shape index (κ3) is 0.752. The molecule has 0 radical (unpaired) electrons. The van der Waals surface area contributed by atoms with Crippen LogP contribution in [0.5, 0.6) is 0 Å². The summed E-state index contributed by atoms with van der Waals surface area (Å²) in [4.78, 5) is 0. The van der Waals surface area contributed by atoms with Crippen LogP contribution >= 0.6 is 0 Å². The predicted octanol–water partition coefficient (Wildman–Crippen LogP) is 2.02. The highest BCUT2D eigenvalue weighted by Crippen LogP contribution is 2.74. The molecule has 2 atom stereocenters. The van der Waals surface area contributed by atoms with Gasteiger partial charge in [0.2, 0.25) is 0 Å². The fourth-order valence-electron chi connectivity index (χ4n) is 2.94. The van der Waals surface area contributed by atoms with E-state index in [0.29, 0.717) is 16.9 Å². The largest absolute Gasteiger partial charge is 0.327 e. The van der Waals surface area contributed by atoms with Crippen molar-refractivity contribution in [3.05, 3.63) is 0 Å². The van der Waals surface area contributed by atoms with E-state index in [1.54, 1.807) is 0 Å². The molecule has 0 aromatic carbocycles. The van der Waals surface area contributed by atoms with E-state index < -0.39 is 0 Å². The molecular weight excluding hydrogens is 134 g/mol. The summed E-state index contributed by atoms with van der Waals surface area (Å²) >= 11 is 0. The molecule has 0 aromatic heterocycles. The molecule has 0 aliphatic heterocycles. The van der Waals surface area contributed by atoms with Gasteiger partial charge in [0.25, 0.3) is 0 Å². The number of hydrogen-bond acceptors (Lipinski definition) is 1. The monoisotopic (exact) mass is 153 g/mol. The van der Waals surface area contributed by atoms with E-state index in [4.69, 9.17) is 5.73 Å². The molecule has 0 spiro atoms. The minimum atomic E-state index is 0.529. The van der Waals surface area contributed by atoms with E-state index in [1.807, 2.05) is 0 Å². The lowest BCUT2D eigenvalue weighted by molar-refractivity contribution is 0.457. The van der Waals surface area contributed by atoms with E-state index in [1.165, 1.54) is 6.42 Å². The van der Waals surface area contributed by atoms with Crippen LogP contribution in [0.2, 0.25) is 0 Å². The van der Waals surface area contributed by atoms with Crippen LogP contribution in [0.4, 0.5) is 0 Å². The normalized spacial score (nSPS) is 45.5. The summed E-state index contributed by atoms with van der Waals surface area (Å²) in [7, 11) is 0. The quantitative estimate of drug-likeness (QED) is 0.612. The van der Waals surface area contributed by atoms with Crippen molar-refractivity contribution in [3.63, 3.8) is 0 Å². The first-order valence-electron chi connectivity index (χ1n) is 4.64. The Balaban J connectivity index is 2.10. The summed E-state index contributed by atoms with van der Waals surface area (Å²) in [5.74, 6) is 1.74. The van der Waals surface area contributed by atoms with Crippen LogP contribution in [0.1, 0.15) is 34.1 Å². The van der Waals surface area contributed by atoms with Crippen molar-refractivity contribution in [1.29, 1.82) is 0 Å². The topological polar surface area (TPSA) is 26.0 Å². The van der Waals surface area contributed by atoms with Crippen molar-refractivity contribution in [2.75, 3.05) is 0 Å². The highest BCUT2D eigenvalue weighted by atomic mass is 14.8. The van der Waals surface area contributed by atoms with Crippen molar-refractivity contribution < 1.29 is 0 Å². The Morgan fingerprint density at radius 2 is 1.45 bits per heavy atom. The van der Waals surface area contributed by atoms with E-state index in [2.05, 4.69) is 27.7 Å². The van der Waals surface area contributed by atoms with E-state index >= 15 is 0 Å². The standard InChI is InChI=1S/C10H19N/c1-9(2)8(10(9,3)4)6-5-7(6)11/h6-8H,5,11H2,1-4H3/t6-,7-/m1/s1. The molecule has 0 heterocycles. The SMILES string of the molecule is CC1(C)C([C@@H]2C[C@H]2N)C1(C)C. The van der Waals surface area contributed by atoms with E-state index in [-0.39, 0.29) is 0 Å². The Morgan fingerprint density at radius 1 is 1.09 bits per heavy atom. The predicted molar refractivity (Wildman–Crippen MR) is 47.1 cm³/mol. The molecule has 2 aliphatic rings. The van der Waals surface area contributed by atoms with Crippen molar-refractivity contribution >= 4 is 0 Å². The van der Waals surface area contributed by atoms with Crippen molar-refractivity contribution in [3.8, 4) is 0 Å². The molecule has 0 bridgehead atoms. The van der Waals surface area contributed by atoms with Gasteiger partial charge in [-0.1, -0.05) is 27.7 Å². The Morgan fingerprint density at radius 3 is 1.55 bits per heavy atom. The zero-order chi connectivity index (χ0) is 8.44. The fourth-order valence-corrected chi connectivity index (χ4v) is 2.94. The minimum absolute atomic E-state index is 0.529. The van der Waals surface area contributed by atoms with Crippen molar-refractivity contribution in [2.24, 2.45) is 28.4 Å². The maximum Gasteiger partial charge on any atom is 0.00741 e. The maximum absolute atomic E-state index is 5.85. The summed E-state index contributed by atoms with van der Waals surface area (Å²) in [5.41, 5.74) is 6.94. The number of nitrogens with two attached hydrogens (primary N) is 1. The van der Waals surface area contributed by atoms with Crippen molar-refractivity contribution in [2.45, 2.75) is 40.2 Å². The summed E-state index contributed by atoms with van der Waals surface area (Å²) in [6, 6.07) is 0.529. The molecule has 1 heteroatoms. The van der Waals surface area contributed by atoms with Gasteiger partial charge in [0.15, 0.2) is 0 Å². The first kappa shape index (κ1) is 7.60. The molecule has 2 rings (SSSR count). The summed E-state index contributed by atoms with van der Waals surface area (Å²) < 4.78 is 0. The van der Waals surface area contributed by atoms with Gasteiger partial charge < -0.3 is 5.73 Å². The molecule has 0 amide bonds. The van der Waals surface area contributed by atoms with Crippen molar-refractivity contribution in [1.82, 2.24) is 0 Å². The van der Waals surface area contributed by atoms with Gasteiger partial charge >= 0.3 is 0 Å². The van der Waals surface area contributed by atoms with Crippen LogP contribution in [0.15, 0.2) is 0 Å². The Hall–Kier alpha value is -0.0400. The van der Waals surface area contributed by atoms with Gasteiger partial charge in [-0.25, -0.2) is 0 Å². The smallest absolute Gasteiger partial charge is 0.00741 e. The first-order chi connectivity index (χ1) is 4.89. The Kier molecular flexibility index (Phi) is 1.15. The highest BCUT2D eigenvalue weighted by Gasteiger charge is 2.70. The highest BCUT2D eigenvalue weighted by molar-refractivity contribution is 5.19. The Bertz CT molecular complexity index is 179. The molecule has 11 heavy (non-hydrogen) atoms. The minimum Gasteiger partial charge on any atom is -0.327 e. The van der Waals surface area contributed by atoms with Crippen LogP contribution in [-0.4, -0.2) is 6.04 Å². The van der Waals surface area contributed by atoms with E-state index in [9.17, 15) is 0 Å². The lowest BCUT2D eigenvalue weighted by atomic mass is 10.0. The third-order valence-electron chi connectivity index (χ3n) is 4.45. The van der Waals surface area contributed by atoms with Gasteiger partial charge in [-0.15, -0.1) is 0 Å². The lowest BCUT2D eigenvalue weighted by Crippen LogP contribution is -2.05. The zero-order valence-electron chi connectivity index (χ0n) is 8.02. The third-order valence-corrected chi connectivity index (χ3v) is 4.45. The van der Waals surface area contributed by atoms with Crippen LogP contribution in [0.25, 0.3) is 0 Å². The van der Waals surface area contributed by atoms with Gasteiger partial charge in [0.05, 0.1) is 0 Å². The molecular formula is C10H19N.